The van der Waals surface area contributed by atoms with Crippen molar-refractivity contribution >= 4 is 0 Å². The maximum atomic E-state index is 11.4. The Hall–Kier alpha value is -6.04. The zero-order valence-corrected chi connectivity index (χ0v) is 36.6. The van der Waals surface area contributed by atoms with Crippen molar-refractivity contribution in [3.63, 3.8) is 0 Å². The summed E-state index contributed by atoms with van der Waals surface area (Å²) in [6.07, 6.45) is 1.29. The Bertz CT molecular complexity index is 2030. The van der Waals surface area contributed by atoms with Gasteiger partial charge in [0.1, 0.15) is 34.5 Å². The average molecular weight is 841 g/mol. The highest BCUT2D eigenvalue weighted by Gasteiger charge is 2.35. The van der Waals surface area contributed by atoms with Crippen molar-refractivity contribution in [2.45, 2.75) is 50.1 Å². The van der Waals surface area contributed by atoms with Crippen molar-refractivity contribution in [2.75, 3.05) is 55.9 Å². The Morgan fingerprint density at radius 2 is 0.629 bits per heavy atom. The molecule has 10 nitrogen and oxygen atoms in total. The lowest BCUT2D eigenvalue weighted by Gasteiger charge is -2.42. The van der Waals surface area contributed by atoms with E-state index >= 15 is 0 Å². The predicted octanol–water partition coefficient (Wildman–Crippen LogP) is 9.77. The number of hydrogen-bond acceptors (Lipinski definition) is 10. The van der Waals surface area contributed by atoms with E-state index in [2.05, 4.69) is 82.6 Å². The molecule has 0 aromatic heterocycles. The molecule has 6 aromatic rings. The fourth-order valence-electron chi connectivity index (χ4n) is 8.58. The van der Waals surface area contributed by atoms with Crippen LogP contribution in [-0.2, 0) is 13.1 Å². The largest absolute Gasteiger partial charge is 0.496 e. The number of benzene rings is 6. The molecule has 62 heavy (non-hydrogen) atoms. The summed E-state index contributed by atoms with van der Waals surface area (Å²) >= 11 is 0. The van der Waals surface area contributed by atoms with E-state index in [-0.39, 0.29) is 25.3 Å². The van der Waals surface area contributed by atoms with Crippen LogP contribution < -0.4 is 28.4 Å². The van der Waals surface area contributed by atoms with Gasteiger partial charge >= 0.3 is 0 Å². The molecule has 6 rings (SSSR count). The second-order valence-corrected chi connectivity index (χ2v) is 15.0. The number of aliphatic hydroxyl groups is 2. The van der Waals surface area contributed by atoms with Crippen LogP contribution in [-0.4, -0.2) is 75.9 Å². The molecular formula is C52H60N2O8. The van der Waals surface area contributed by atoms with E-state index in [1.54, 1.807) is 42.7 Å². The zero-order chi connectivity index (χ0) is 43.8. The summed E-state index contributed by atoms with van der Waals surface area (Å²) in [5.41, 5.74) is 5.79. The van der Waals surface area contributed by atoms with E-state index < -0.39 is 12.1 Å². The molecule has 0 aliphatic rings. The molecule has 0 aliphatic heterocycles. The summed E-state index contributed by atoms with van der Waals surface area (Å²) in [6.45, 7) is 0.471. The molecule has 0 radical (unpaired) electrons. The summed E-state index contributed by atoms with van der Waals surface area (Å²) in [6, 6.07) is 47.4. The van der Waals surface area contributed by atoms with Crippen molar-refractivity contribution in [1.29, 1.82) is 0 Å². The van der Waals surface area contributed by atoms with Gasteiger partial charge in [-0.15, -0.1) is 0 Å². The molecule has 2 N–H and O–H groups in total. The Balaban J connectivity index is 1.53. The Morgan fingerprint density at radius 3 is 0.855 bits per heavy atom. The lowest BCUT2D eigenvalue weighted by atomic mass is 9.90. The third kappa shape index (κ3) is 10.7. The quantitative estimate of drug-likeness (QED) is 0.0649. The van der Waals surface area contributed by atoms with Crippen LogP contribution in [0.2, 0.25) is 0 Å². The van der Waals surface area contributed by atoms with Gasteiger partial charge in [-0.1, -0.05) is 121 Å². The van der Waals surface area contributed by atoms with Crippen molar-refractivity contribution in [2.24, 2.45) is 0 Å². The first-order valence-electron chi connectivity index (χ1n) is 20.9. The van der Waals surface area contributed by atoms with Crippen LogP contribution in [0.3, 0.4) is 0 Å². The van der Waals surface area contributed by atoms with Gasteiger partial charge in [-0.05, 0) is 35.1 Å². The Labute approximate surface area is 366 Å². The van der Waals surface area contributed by atoms with Crippen molar-refractivity contribution in [1.82, 2.24) is 9.80 Å². The van der Waals surface area contributed by atoms with Crippen molar-refractivity contribution < 1.29 is 38.6 Å². The van der Waals surface area contributed by atoms with Gasteiger partial charge in [0.25, 0.3) is 0 Å². The first-order chi connectivity index (χ1) is 30.4. The van der Waals surface area contributed by atoms with Crippen LogP contribution >= 0.6 is 0 Å². The third-order valence-electron chi connectivity index (χ3n) is 11.7. The number of ether oxygens (including phenoxy) is 6. The summed E-state index contributed by atoms with van der Waals surface area (Å²) in [7, 11) is 9.83. The van der Waals surface area contributed by atoms with E-state index in [0.717, 1.165) is 33.4 Å². The highest BCUT2D eigenvalue weighted by atomic mass is 16.5. The lowest BCUT2D eigenvalue weighted by Crippen LogP contribution is -2.37. The SMILES string of the molecule is COc1cc(OC)c(CN([C@H](CC[C@H](c2ccccc2)N(Cc2c(OC)cc(OC)cc2OC)[C@@H](CO)c2ccccc2)c2ccccc2)[C@@H](CO)c2ccccc2)c(OC)c1. The molecule has 0 amide bonds. The number of nitrogens with zero attached hydrogens (tertiary/aromatic N) is 2. The van der Waals surface area contributed by atoms with Gasteiger partial charge in [-0.3, -0.25) is 9.80 Å². The monoisotopic (exact) mass is 840 g/mol. The third-order valence-corrected chi connectivity index (χ3v) is 11.7. The maximum absolute atomic E-state index is 11.4. The van der Waals surface area contributed by atoms with E-state index in [1.807, 2.05) is 72.8 Å². The van der Waals surface area contributed by atoms with E-state index in [4.69, 9.17) is 28.4 Å². The van der Waals surface area contributed by atoms with Gasteiger partial charge in [0.15, 0.2) is 0 Å². The molecule has 0 spiro atoms. The molecule has 0 bridgehead atoms. The predicted molar refractivity (Wildman–Crippen MR) is 243 cm³/mol. The lowest BCUT2D eigenvalue weighted by molar-refractivity contribution is 0.0444. The molecule has 0 saturated heterocycles. The highest BCUT2D eigenvalue weighted by Crippen LogP contribution is 2.45. The van der Waals surface area contributed by atoms with Crippen molar-refractivity contribution in [3.05, 3.63) is 179 Å². The first-order valence-corrected chi connectivity index (χ1v) is 20.9. The second kappa shape index (κ2) is 22.7. The van der Waals surface area contributed by atoms with Crippen LogP contribution in [0.1, 0.15) is 70.4 Å². The van der Waals surface area contributed by atoms with Gasteiger partial charge in [-0.2, -0.15) is 0 Å². The maximum Gasteiger partial charge on any atom is 0.130 e. The zero-order valence-electron chi connectivity index (χ0n) is 36.6. The highest BCUT2D eigenvalue weighted by molar-refractivity contribution is 5.52. The number of aliphatic hydroxyl groups excluding tert-OH is 2. The summed E-state index contributed by atoms with van der Waals surface area (Å²) < 4.78 is 35.3. The van der Waals surface area contributed by atoms with Crippen LogP contribution in [0, 0.1) is 0 Å². The van der Waals surface area contributed by atoms with E-state index in [1.165, 1.54) is 0 Å². The number of rotatable bonds is 23. The van der Waals surface area contributed by atoms with E-state index in [9.17, 15) is 10.2 Å². The molecule has 0 fully saturated rings. The molecule has 6 aromatic carbocycles. The van der Waals surface area contributed by atoms with Gasteiger partial charge in [0, 0.05) is 49.4 Å². The Morgan fingerprint density at radius 1 is 0.371 bits per heavy atom. The molecular weight excluding hydrogens is 781 g/mol. The first kappa shape index (κ1) is 45.5. The van der Waals surface area contributed by atoms with Crippen LogP contribution in [0.25, 0.3) is 0 Å². The molecule has 10 heteroatoms. The summed E-state index contributed by atoms with van der Waals surface area (Å²) in [4.78, 5) is 4.72. The van der Waals surface area contributed by atoms with Gasteiger partial charge in [0.2, 0.25) is 0 Å². The molecule has 0 aliphatic carbocycles. The molecule has 0 unspecified atom stereocenters. The van der Waals surface area contributed by atoms with Gasteiger partial charge < -0.3 is 38.6 Å². The molecule has 4 atom stereocenters. The van der Waals surface area contributed by atoms with Crippen LogP contribution in [0.5, 0.6) is 34.5 Å². The second-order valence-electron chi connectivity index (χ2n) is 15.0. The van der Waals surface area contributed by atoms with Gasteiger partial charge in [-0.25, -0.2) is 0 Å². The summed E-state index contributed by atoms with van der Waals surface area (Å²) in [5, 5.41) is 22.9. The average Bonchev–Trinajstić information content (AvgIpc) is 3.34. The fraction of sp³-hybridized carbons (Fsp3) is 0.308. The molecule has 326 valence electrons. The Kier molecular flexibility index (Phi) is 16.7. The van der Waals surface area contributed by atoms with Gasteiger partial charge in [0.05, 0.1) is 79.1 Å². The number of methoxy groups -OCH3 is 6. The smallest absolute Gasteiger partial charge is 0.130 e. The van der Waals surface area contributed by atoms with Crippen LogP contribution in [0.15, 0.2) is 146 Å². The molecule has 0 heterocycles. The van der Waals surface area contributed by atoms with Crippen LogP contribution in [0.4, 0.5) is 0 Å². The van der Waals surface area contributed by atoms with E-state index in [0.29, 0.717) is 60.4 Å². The standard InChI is InChI=1S/C52H60N2O8/c1-57-41-29-49(59-3)43(50(30-41)60-4)33-53(47(35-55)39-23-15-9-16-24-39)45(37-19-11-7-12-20-37)27-28-46(38-21-13-8-14-22-38)54(48(36-56)40-25-17-10-18-26-40)34-44-51(61-5)31-42(58-2)32-52(44)62-6/h7-26,29-32,45-48,55-56H,27-28,33-36H2,1-6H3/t45-,46-,47+,48+/m1/s1. The minimum atomic E-state index is -0.411. The minimum Gasteiger partial charge on any atom is -0.496 e. The number of hydrogen-bond donors (Lipinski definition) is 2. The normalized spacial score (nSPS) is 13.3. The minimum absolute atomic E-state index is 0.139. The molecule has 0 saturated carbocycles. The fourth-order valence-corrected chi connectivity index (χ4v) is 8.58. The summed E-state index contributed by atoms with van der Waals surface area (Å²) in [5.74, 6) is 3.70. The topological polar surface area (TPSA) is 102 Å². The van der Waals surface area contributed by atoms with Crippen molar-refractivity contribution in [3.8, 4) is 34.5 Å².